The number of likely N-dealkylation sites (N-methyl/N-ethyl adjacent to an activating group) is 1. The zero-order valence-corrected chi connectivity index (χ0v) is 14.5. The third kappa shape index (κ3) is 4.80. The van der Waals surface area contributed by atoms with E-state index in [2.05, 4.69) is 24.8 Å². The van der Waals surface area contributed by atoms with Gasteiger partial charge in [0, 0.05) is 19.6 Å². The van der Waals surface area contributed by atoms with Gasteiger partial charge in [-0.05, 0) is 49.5 Å². The third-order valence-corrected chi connectivity index (χ3v) is 4.74. The fraction of sp³-hybridized carbons (Fsp3) is 0.579. The van der Waals surface area contributed by atoms with Gasteiger partial charge in [-0.15, -0.1) is 0 Å². The molecular formula is C19H27N3O. The monoisotopic (exact) mass is 313 g/mol. The first-order valence-electron chi connectivity index (χ1n) is 8.48. The van der Waals surface area contributed by atoms with Crippen molar-refractivity contribution in [1.82, 2.24) is 9.80 Å². The minimum absolute atomic E-state index is 0.146. The number of benzene rings is 1. The van der Waals surface area contributed by atoms with Crippen LogP contribution in [0.4, 0.5) is 0 Å². The summed E-state index contributed by atoms with van der Waals surface area (Å²) in [5, 5.41) is 8.84. The van der Waals surface area contributed by atoms with Crippen molar-refractivity contribution in [3.05, 3.63) is 35.4 Å². The minimum atomic E-state index is 0.146. The topological polar surface area (TPSA) is 47.3 Å². The van der Waals surface area contributed by atoms with Gasteiger partial charge in [0.2, 0.25) is 5.91 Å². The summed E-state index contributed by atoms with van der Waals surface area (Å²) in [6, 6.07) is 9.63. The molecule has 0 unspecified atom stereocenters. The molecule has 1 aromatic carbocycles. The second kappa shape index (κ2) is 8.12. The molecule has 4 nitrogen and oxygen atoms in total. The van der Waals surface area contributed by atoms with Crippen LogP contribution in [0.15, 0.2) is 24.3 Å². The van der Waals surface area contributed by atoms with Crippen LogP contribution in [0.5, 0.6) is 0 Å². The maximum Gasteiger partial charge on any atom is 0.227 e. The van der Waals surface area contributed by atoms with Gasteiger partial charge in [-0.2, -0.15) is 5.26 Å². The van der Waals surface area contributed by atoms with Gasteiger partial charge in [0.25, 0.3) is 0 Å². The van der Waals surface area contributed by atoms with Crippen LogP contribution in [0.25, 0.3) is 0 Å². The number of nitriles is 1. The second-order valence-corrected chi connectivity index (χ2v) is 6.81. The highest BCUT2D eigenvalue weighted by atomic mass is 16.2. The van der Waals surface area contributed by atoms with Crippen LogP contribution < -0.4 is 0 Å². The van der Waals surface area contributed by atoms with Crippen molar-refractivity contribution in [2.45, 2.75) is 39.2 Å². The fourth-order valence-electron chi connectivity index (χ4n) is 3.19. The van der Waals surface area contributed by atoms with Gasteiger partial charge in [-0.3, -0.25) is 4.79 Å². The molecule has 124 valence electrons. The normalized spacial score (nSPS) is 16.3. The van der Waals surface area contributed by atoms with Gasteiger partial charge in [0.1, 0.15) is 0 Å². The van der Waals surface area contributed by atoms with E-state index >= 15 is 0 Å². The average molecular weight is 313 g/mol. The van der Waals surface area contributed by atoms with Crippen molar-refractivity contribution in [2.24, 2.45) is 5.92 Å². The highest BCUT2D eigenvalue weighted by Gasteiger charge is 2.26. The van der Waals surface area contributed by atoms with Crippen LogP contribution in [0.1, 0.15) is 37.8 Å². The van der Waals surface area contributed by atoms with Crippen LogP contribution in [0.3, 0.4) is 0 Å². The summed E-state index contributed by atoms with van der Waals surface area (Å²) in [6.07, 6.45) is 2.94. The molecule has 1 fully saturated rings. The molecule has 0 aromatic heterocycles. The summed E-state index contributed by atoms with van der Waals surface area (Å²) in [5.74, 6) is 0.582. The van der Waals surface area contributed by atoms with E-state index in [1.807, 2.05) is 24.1 Å². The molecule has 0 aliphatic carbocycles. The molecule has 0 radical (unpaired) electrons. The van der Waals surface area contributed by atoms with E-state index in [0.717, 1.165) is 25.2 Å². The van der Waals surface area contributed by atoms with Crippen molar-refractivity contribution in [3.63, 3.8) is 0 Å². The molecule has 1 amide bonds. The maximum absolute atomic E-state index is 12.6. The standard InChI is InChI=1S/C19H27N3O/c1-15(2)18(14-22-10-4-5-11-22)21(3)19(23)12-16-6-8-17(13-20)9-7-16/h6-9,15,18H,4-5,10-12,14H2,1-3H3/t18-/m1/s1. The van der Waals surface area contributed by atoms with Gasteiger partial charge in [0.05, 0.1) is 18.1 Å². The van der Waals surface area contributed by atoms with Gasteiger partial charge < -0.3 is 9.80 Å². The van der Waals surface area contributed by atoms with Gasteiger partial charge in [0.15, 0.2) is 0 Å². The van der Waals surface area contributed by atoms with E-state index in [0.29, 0.717) is 17.9 Å². The molecule has 1 heterocycles. The molecule has 1 atom stereocenters. The van der Waals surface area contributed by atoms with Crippen LogP contribution in [-0.4, -0.2) is 48.4 Å². The Morgan fingerprint density at radius 2 is 1.87 bits per heavy atom. The molecule has 2 rings (SSSR count). The van der Waals surface area contributed by atoms with Crippen LogP contribution in [-0.2, 0) is 11.2 Å². The lowest BCUT2D eigenvalue weighted by atomic mass is 10.0. The van der Waals surface area contributed by atoms with E-state index in [9.17, 15) is 4.79 Å². The highest BCUT2D eigenvalue weighted by molar-refractivity contribution is 5.78. The number of hydrogen-bond donors (Lipinski definition) is 0. The van der Waals surface area contributed by atoms with Crippen molar-refractivity contribution in [3.8, 4) is 6.07 Å². The first-order valence-corrected chi connectivity index (χ1v) is 8.48. The number of carbonyl (C=O) groups is 1. The van der Waals surface area contributed by atoms with Crippen molar-refractivity contribution in [1.29, 1.82) is 5.26 Å². The van der Waals surface area contributed by atoms with E-state index < -0.39 is 0 Å². The third-order valence-electron chi connectivity index (χ3n) is 4.74. The molecule has 1 saturated heterocycles. The Labute approximate surface area is 139 Å². The number of likely N-dealkylation sites (tertiary alicyclic amines) is 1. The Bertz CT molecular complexity index is 553. The lowest BCUT2D eigenvalue weighted by Crippen LogP contribution is -2.47. The Kier molecular flexibility index (Phi) is 6.18. The quantitative estimate of drug-likeness (QED) is 0.811. The minimum Gasteiger partial charge on any atom is -0.341 e. The first-order chi connectivity index (χ1) is 11.0. The van der Waals surface area contributed by atoms with E-state index in [1.54, 1.807) is 12.1 Å². The first kappa shape index (κ1) is 17.5. The van der Waals surface area contributed by atoms with Crippen molar-refractivity contribution >= 4 is 5.91 Å². The molecule has 1 aliphatic rings. The molecular weight excluding hydrogens is 286 g/mol. The molecule has 0 N–H and O–H groups in total. The molecule has 0 spiro atoms. The van der Waals surface area contributed by atoms with Gasteiger partial charge in [-0.1, -0.05) is 26.0 Å². The maximum atomic E-state index is 12.6. The van der Waals surface area contributed by atoms with Gasteiger partial charge in [-0.25, -0.2) is 0 Å². The van der Waals surface area contributed by atoms with Crippen LogP contribution in [0, 0.1) is 17.2 Å². The lowest BCUT2D eigenvalue weighted by molar-refractivity contribution is -0.132. The Hall–Kier alpha value is -1.86. The summed E-state index contributed by atoms with van der Waals surface area (Å²) in [6.45, 7) is 7.65. The fourth-order valence-corrected chi connectivity index (χ4v) is 3.19. The van der Waals surface area contributed by atoms with Gasteiger partial charge >= 0.3 is 0 Å². The summed E-state index contributed by atoms with van der Waals surface area (Å²) in [4.78, 5) is 17.0. The van der Waals surface area contributed by atoms with Crippen molar-refractivity contribution < 1.29 is 4.79 Å². The summed E-state index contributed by atoms with van der Waals surface area (Å²) >= 11 is 0. The molecule has 0 bridgehead atoms. The number of hydrogen-bond acceptors (Lipinski definition) is 3. The van der Waals surface area contributed by atoms with Crippen LogP contribution >= 0.6 is 0 Å². The second-order valence-electron chi connectivity index (χ2n) is 6.81. The molecule has 23 heavy (non-hydrogen) atoms. The predicted molar refractivity (Wildman–Crippen MR) is 91.9 cm³/mol. The average Bonchev–Trinajstić information content (AvgIpc) is 3.05. The summed E-state index contributed by atoms with van der Waals surface area (Å²) in [5.41, 5.74) is 1.59. The zero-order valence-electron chi connectivity index (χ0n) is 14.5. The van der Waals surface area contributed by atoms with E-state index in [-0.39, 0.29) is 11.9 Å². The molecule has 0 saturated carbocycles. The Balaban J connectivity index is 1.98. The molecule has 4 heteroatoms. The number of nitrogens with zero attached hydrogens (tertiary/aromatic N) is 3. The largest absolute Gasteiger partial charge is 0.341 e. The molecule has 1 aliphatic heterocycles. The highest BCUT2D eigenvalue weighted by Crippen LogP contribution is 2.16. The number of carbonyl (C=O) groups excluding carboxylic acids is 1. The number of rotatable bonds is 6. The van der Waals surface area contributed by atoms with E-state index in [1.165, 1.54) is 12.8 Å². The Morgan fingerprint density at radius 3 is 2.39 bits per heavy atom. The SMILES string of the molecule is CC(C)[C@@H](CN1CCCC1)N(C)C(=O)Cc1ccc(C#N)cc1. The Morgan fingerprint density at radius 1 is 1.26 bits per heavy atom. The zero-order chi connectivity index (χ0) is 16.8. The summed E-state index contributed by atoms with van der Waals surface area (Å²) < 4.78 is 0. The lowest BCUT2D eigenvalue weighted by Gasteiger charge is -2.34. The van der Waals surface area contributed by atoms with Crippen LogP contribution in [0.2, 0.25) is 0 Å². The summed E-state index contributed by atoms with van der Waals surface area (Å²) in [7, 11) is 1.92. The molecule has 1 aromatic rings. The van der Waals surface area contributed by atoms with Crippen molar-refractivity contribution in [2.75, 3.05) is 26.7 Å². The predicted octanol–water partition coefficient (Wildman–Crippen LogP) is 2.68. The van der Waals surface area contributed by atoms with E-state index in [4.69, 9.17) is 5.26 Å². The number of amides is 1. The smallest absolute Gasteiger partial charge is 0.227 e.